The summed E-state index contributed by atoms with van der Waals surface area (Å²) in [6.45, 7) is 2.95. The maximum absolute atomic E-state index is 13.2. The number of nitrogens with zero attached hydrogens (tertiary/aromatic N) is 1. The fourth-order valence-corrected chi connectivity index (χ4v) is 4.57. The van der Waals surface area contributed by atoms with Crippen molar-refractivity contribution in [2.45, 2.75) is 44.4 Å². The van der Waals surface area contributed by atoms with Gasteiger partial charge in [-0.1, -0.05) is 50.5 Å². The summed E-state index contributed by atoms with van der Waals surface area (Å²) < 4.78 is 13.2. The van der Waals surface area contributed by atoms with E-state index in [1.54, 1.807) is 23.9 Å². The molecule has 2 nitrogen and oxygen atoms in total. The van der Waals surface area contributed by atoms with Gasteiger partial charge in [0.15, 0.2) is 0 Å². The van der Waals surface area contributed by atoms with Crippen LogP contribution in [0.1, 0.15) is 59.5 Å². The van der Waals surface area contributed by atoms with Gasteiger partial charge in [0.1, 0.15) is 11.2 Å². The van der Waals surface area contributed by atoms with E-state index in [-0.39, 0.29) is 17.1 Å². The maximum Gasteiger partial charge on any atom is 0.255 e. The van der Waals surface area contributed by atoms with Crippen molar-refractivity contribution in [1.29, 1.82) is 0 Å². The van der Waals surface area contributed by atoms with Crippen LogP contribution in [-0.4, -0.2) is 23.1 Å². The molecule has 2 aromatic carbocycles. The van der Waals surface area contributed by atoms with Gasteiger partial charge in [-0.3, -0.25) is 4.79 Å². The number of thioether (sulfide) groups is 1. The number of hydrogen-bond donors (Lipinski definition) is 0. The zero-order valence-corrected chi connectivity index (χ0v) is 16.1. The van der Waals surface area contributed by atoms with Gasteiger partial charge in [-0.05, 0) is 48.2 Å². The molecule has 0 aliphatic carbocycles. The number of halogens is 1. The molecule has 0 aromatic heterocycles. The molecular formula is C22H26FNOS. The number of hydrogen-bond acceptors (Lipinski definition) is 2. The molecule has 1 aliphatic heterocycles. The number of benzene rings is 2. The fraction of sp³-hybridized carbons (Fsp3) is 0.409. The maximum atomic E-state index is 13.2. The van der Waals surface area contributed by atoms with Crippen LogP contribution in [0.15, 0.2) is 48.5 Å². The summed E-state index contributed by atoms with van der Waals surface area (Å²) in [5.41, 5.74) is 3.01. The number of amides is 1. The fourth-order valence-electron chi connectivity index (χ4n) is 3.32. The Labute approximate surface area is 159 Å². The van der Waals surface area contributed by atoms with Gasteiger partial charge in [0.25, 0.3) is 5.91 Å². The first kappa shape index (κ1) is 19.0. The molecule has 0 spiro atoms. The molecule has 1 fully saturated rings. The van der Waals surface area contributed by atoms with Crippen molar-refractivity contribution in [3.05, 3.63) is 71.0 Å². The van der Waals surface area contributed by atoms with E-state index in [2.05, 4.69) is 19.1 Å². The summed E-state index contributed by atoms with van der Waals surface area (Å²) in [7, 11) is 0. The topological polar surface area (TPSA) is 20.3 Å². The number of unbranched alkanes of at least 4 members (excludes halogenated alkanes) is 3. The van der Waals surface area contributed by atoms with E-state index in [4.69, 9.17) is 0 Å². The van der Waals surface area contributed by atoms with Crippen LogP contribution in [0.4, 0.5) is 4.39 Å². The zero-order valence-electron chi connectivity index (χ0n) is 15.3. The predicted molar refractivity (Wildman–Crippen MR) is 107 cm³/mol. The lowest BCUT2D eigenvalue weighted by molar-refractivity contribution is 0.0760. The highest BCUT2D eigenvalue weighted by Gasteiger charge is 2.31. The Balaban J connectivity index is 1.65. The van der Waals surface area contributed by atoms with Gasteiger partial charge in [-0.25, -0.2) is 4.39 Å². The van der Waals surface area contributed by atoms with Crippen molar-refractivity contribution in [2.24, 2.45) is 0 Å². The molecule has 0 unspecified atom stereocenters. The Bertz CT molecular complexity index is 714. The molecule has 1 atom stereocenters. The normalized spacial score (nSPS) is 16.8. The van der Waals surface area contributed by atoms with Crippen LogP contribution in [0.2, 0.25) is 0 Å². The SMILES string of the molecule is CCCCCCc1ccc(C(=O)N2CCS[C@H]2c2ccc(F)cc2)cc1. The molecule has 4 heteroatoms. The third-order valence-electron chi connectivity index (χ3n) is 4.83. The Hall–Kier alpha value is -1.81. The molecule has 1 heterocycles. The second-order valence-corrected chi connectivity index (χ2v) is 7.97. The average molecular weight is 372 g/mol. The van der Waals surface area contributed by atoms with Crippen LogP contribution in [0.3, 0.4) is 0 Å². The van der Waals surface area contributed by atoms with E-state index in [1.165, 1.54) is 43.4 Å². The molecule has 0 bridgehead atoms. The smallest absolute Gasteiger partial charge is 0.255 e. The number of carbonyl (C=O) groups is 1. The standard InChI is InChI=1S/C22H26FNOS/c1-2-3-4-5-6-17-7-9-18(10-8-17)21(25)24-15-16-26-22(24)19-11-13-20(23)14-12-19/h7-14,22H,2-6,15-16H2,1H3/t22-/m0/s1. The van der Waals surface area contributed by atoms with E-state index in [0.717, 1.165) is 29.8 Å². The molecule has 1 saturated heterocycles. The van der Waals surface area contributed by atoms with E-state index >= 15 is 0 Å². The van der Waals surface area contributed by atoms with Gasteiger partial charge < -0.3 is 4.90 Å². The largest absolute Gasteiger partial charge is 0.322 e. The summed E-state index contributed by atoms with van der Waals surface area (Å²) in [5, 5.41) is -0.0307. The zero-order chi connectivity index (χ0) is 18.4. The van der Waals surface area contributed by atoms with Crippen LogP contribution in [0, 0.1) is 5.82 Å². The van der Waals surface area contributed by atoms with Gasteiger partial charge in [-0.2, -0.15) is 0 Å². The lowest BCUT2D eigenvalue weighted by Crippen LogP contribution is -2.30. The molecule has 2 aromatic rings. The van der Waals surface area contributed by atoms with Gasteiger partial charge >= 0.3 is 0 Å². The van der Waals surface area contributed by atoms with Crippen molar-refractivity contribution in [3.63, 3.8) is 0 Å². The van der Waals surface area contributed by atoms with Crippen LogP contribution in [-0.2, 0) is 6.42 Å². The minimum absolute atomic E-state index is 0.0307. The number of rotatable bonds is 7. The summed E-state index contributed by atoms with van der Waals surface area (Å²) in [5.74, 6) is 0.717. The molecule has 3 rings (SSSR count). The van der Waals surface area contributed by atoms with Crippen LogP contribution in [0.5, 0.6) is 0 Å². The van der Waals surface area contributed by atoms with E-state index in [1.807, 2.05) is 17.0 Å². The first-order valence-corrected chi connectivity index (χ1v) is 10.5. The molecule has 1 amide bonds. The second-order valence-electron chi connectivity index (χ2n) is 6.78. The highest BCUT2D eigenvalue weighted by Crippen LogP contribution is 2.38. The van der Waals surface area contributed by atoms with Crippen molar-refractivity contribution >= 4 is 17.7 Å². The first-order chi connectivity index (χ1) is 12.7. The van der Waals surface area contributed by atoms with E-state index in [0.29, 0.717) is 0 Å². The van der Waals surface area contributed by atoms with Crippen molar-refractivity contribution in [3.8, 4) is 0 Å². The van der Waals surface area contributed by atoms with Gasteiger partial charge in [0, 0.05) is 17.9 Å². The molecule has 1 aliphatic rings. The third kappa shape index (κ3) is 4.67. The molecule has 138 valence electrons. The highest BCUT2D eigenvalue weighted by atomic mass is 32.2. The monoisotopic (exact) mass is 371 g/mol. The van der Waals surface area contributed by atoms with Crippen LogP contribution < -0.4 is 0 Å². The minimum atomic E-state index is -0.246. The lowest BCUT2D eigenvalue weighted by atomic mass is 10.0. The number of aryl methyl sites for hydroxylation is 1. The van der Waals surface area contributed by atoms with Crippen molar-refractivity contribution in [1.82, 2.24) is 4.90 Å². The summed E-state index contributed by atoms with van der Waals surface area (Å²) in [6, 6.07) is 14.5. The highest BCUT2D eigenvalue weighted by molar-refractivity contribution is 7.99. The predicted octanol–water partition coefficient (Wildman–Crippen LogP) is 5.84. The van der Waals surface area contributed by atoms with Crippen molar-refractivity contribution in [2.75, 3.05) is 12.3 Å². The van der Waals surface area contributed by atoms with Crippen molar-refractivity contribution < 1.29 is 9.18 Å². The minimum Gasteiger partial charge on any atom is -0.322 e. The summed E-state index contributed by atoms with van der Waals surface area (Å²) >= 11 is 1.73. The van der Waals surface area contributed by atoms with Gasteiger partial charge in [-0.15, -0.1) is 11.8 Å². The van der Waals surface area contributed by atoms with Crippen LogP contribution in [0.25, 0.3) is 0 Å². The molecule has 0 N–H and O–H groups in total. The van der Waals surface area contributed by atoms with Gasteiger partial charge in [0.05, 0.1) is 0 Å². The van der Waals surface area contributed by atoms with Gasteiger partial charge in [0.2, 0.25) is 0 Å². The van der Waals surface area contributed by atoms with E-state index < -0.39 is 0 Å². The second kappa shape index (κ2) is 9.22. The lowest BCUT2D eigenvalue weighted by Gasteiger charge is -2.24. The summed E-state index contributed by atoms with van der Waals surface area (Å²) in [6.07, 6.45) is 6.08. The average Bonchev–Trinajstić information content (AvgIpc) is 3.15. The molecular weight excluding hydrogens is 345 g/mol. The molecule has 0 saturated carbocycles. The Morgan fingerprint density at radius 3 is 2.50 bits per heavy atom. The number of carbonyl (C=O) groups excluding carboxylic acids is 1. The molecule has 0 radical (unpaired) electrons. The first-order valence-electron chi connectivity index (χ1n) is 9.46. The van der Waals surface area contributed by atoms with E-state index in [9.17, 15) is 9.18 Å². The quantitative estimate of drug-likeness (QED) is 0.570. The summed E-state index contributed by atoms with van der Waals surface area (Å²) in [4.78, 5) is 14.8. The Morgan fingerprint density at radius 1 is 1.08 bits per heavy atom. The molecule has 26 heavy (non-hydrogen) atoms. The Kier molecular flexibility index (Phi) is 6.73. The third-order valence-corrected chi connectivity index (χ3v) is 6.09. The van der Waals surface area contributed by atoms with Crippen LogP contribution >= 0.6 is 11.8 Å². The Morgan fingerprint density at radius 2 is 1.81 bits per heavy atom.